The number of hydrogen-bond acceptors (Lipinski definition) is 4. The van der Waals surface area contributed by atoms with E-state index in [1.807, 2.05) is 6.92 Å². The van der Waals surface area contributed by atoms with Crippen LogP contribution in [0.4, 0.5) is 0 Å². The Kier molecular flexibility index (Phi) is 5.69. The lowest BCUT2D eigenvalue weighted by molar-refractivity contribution is -0.136. The molecule has 0 aromatic carbocycles. The van der Waals surface area contributed by atoms with E-state index in [9.17, 15) is 9.59 Å². The molecule has 0 fully saturated rings. The van der Waals surface area contributed by atoms with Gasteiger partial charge in [-0.2, -0.15) is 5.10 Å². The van der Waals surface area contributed by atoms with Crippen LogP contribution in [0, 0.1) is 13.8 Å². The van der Waals surface area contributed by atoms with E-state index in [1.165, 1.54) is 4.68 Å². The maximum Gasteiger partial charge on any atom is 0.307 e. The van der Waals surface area contributed by atoms with Crippen molar-refractivity contribution >= 4 is 11.9 Å². The number of carboxylic acid groups (broad SMARTS) is 1. The number of carbonyl (C=O) groups excluding carboxylic acids is 1. The molecule has 0 aliphatic heterocycles. The zero-order valence-corrected chi connectivity index (χ0v) is 12.3. The van der Waals surface area contributed by atoms with Crippen LogP contribution in [0.2, 0.25) is 0 Å². The van der Waals surface area contributed by atoms with Crippen molar-refractivity contribution in [2.75, 3.05) is 13.7 Å². The number of nitrogens with one attached hydrogen (secondary N) is 1. The summed E-state index contributed by atoms with van der Waals surface area (Å²) in [4.78, 5) is 22.6. The smallest absolute Gasteiger partial charge is 0.307 e. The highest BCUT2D eigenvalue weighted by Gasteiger charge is 2.16. The molecule has 20 heavy (non-hydrogen) atoms. The molecule has 7 heteroatoms. The molecule has 0 bridgehead atoms. The number of aromatic nitrogens is 2. The van der Waals surface area contributed by atoms with Gasteiger partial charge in [0.25, 0.3) is 0 Å². The van der Waals surface area contributed by atoms with E-state index in [1.54, 1.807) is 21.0 Å². The first-order valence-electron chi connectivity index (χ1n) is 6.38. The molecule has 1 unspecified atom stereocenters. The Balaban J connectivity index is 2.73. The Morgan fingerprint density at radius 1 is 1.45 bits per heavy atom. The van der Waals surface area contributed by atoms with Crippen molar-refractivity contribution < 1.29 is 19.4 Å². The molecule has 7 nitrogen and oxygen atoms in total. The van der Waals surface area contributed by atoms with Gasteiger partial charge in [0.2, 0.25) is 5.91 Å². The molecule has 1 aromatic heterocycles. The second-order valence-corrected chi connectivity index (χ2v) is 4.80. The van der Waals surface area contributed by atoms with Crippen molar-refractivity contribution in [2.45, 2.75) is 39.8 Å². The average Bonchev–Trinajstić information content (AvgIpc) is 2.56. The number of ether oxygens (including phenoxy) is 1. The van der Waals surface area contributed by atoms with E-state index in [0.717, 1.165) is 0 Å². The lowest BCUT2D eigenvalue weighted by Crippen LogP contribution is -2.38. The molecule has 1 rings (SSSR count). The minimum atomic E-state index is -0.908. The van der Waals surface area contributed by atoms with Crippen LogP contribution >= 0.6 is 0 Å². The monoisotopic (exact) mass is 283 g/mol. The molecular weight excluding hydrogens is 262 g/mol. The van der Waals surface area contributed by atoms with Gasteiger partial charge in [0.1, 0.15) is 6.54 Å². The van der Waals surface area contributed by atoms with Crippen LogP contribution in [0.3, 0.4) is 0 Å². The van der Waals surface area contributed by atoms with Gasteiger partial charge in [-0.25, -0.2) is 0 Å². The first-order chi connectivity index (χ1) is 9.35. The van der Waals surface area contributed by atoms with Crippen LogP contribution < -0.4 is 5.32 Å². The molecule has 0 radical (unpaired) electrons. The molecule has 0 aliphatic rings. The normalized spacial score (nSPS) is 12.2. The Labute approximate surface area is 117 Å². The predicted octanol–water partition coefficient (Wildman–Crippen LogP) is 0.278. The third-order valence-electron chi connectivity index (χ3n) is 2.98. The number of aryl methyl sites for hydroxylation is 1. The van der Waals surface area contributed by atoms with E-state index in [4.69, 9.17) is 9.84 Å². The van der Waals surface area contributed by atoms with Gasteiger partial charge in [-0.1, -0.05) is 0 Å². The number of rotatable bonds is 7. The van der Waals surface area contributed by atoms with E-state index >= 15 is 0 Å². The first-order valence-corrected chi connectivity index (χ1v) is 6.38. The third kappa shape index (κ3) is 4.34. The van der Waals surface area contributed by atoms with Crippen molar-refractivity contribution in [1.29, 1.82) is 0 Å². The van der Waals surface area contributed by atoms with Gasteiger partial charge in [-0.3, -0.25) is 14.3 Å². The topological polar surface area (TPSA) is 93.5 Å². The van der Waals surface area contributed by atoms with Crippen LogP contribution in [0.25, 0.3) is 0 Å². The summed E-state index contributed by atoms with van der Waals surface area (Å²) < 4.78 is 6.47. The van der Waals surface area contributed by atoms with Crippen molar-refractivity contribution in [2.24, 2.45) is 0 Å². The maximum absolute atomic E-state index is 11.8. The maximum atomic E-state index is 11.8. The van der Waals surface area contributed by atoms with E-state index in [0.29, 0.717) is 23.6 Å². The average molecular weight is 283 g/mol. The molecule has 0 saturated heterocycles. The Bertz CT molecular complexity index is 496. The lowest BCUT2D eigenvalue weighted by Gasteiger charge is -2.13. The van der Waals surface area contributed by atoms with Crippen LogP contribution in [-0.2, 0) is 27.3 Å². The summed E-state index contributed by atoms with van der Waals surface area (Å²) in [6.45, 7) is 5.86. The summed E-state index contributed by atoms with van der Waals surface area (Å²) >= 11 is 0. The summed E-state index contributed by atoms with van der Waals surface area (Å²) in [5.41, 5.74) is 2.01. The second kappa shape index (κ2) is 7.04. The molecule has 1 aromatic rings. The van der Waals surface area contributed by atoms with Crippen molar-refractivity contribution in [3.8, 4) is 0 Å². The number of hydrogen-bond donors (Lipinski definition) is 2. The Morgan fingerprint density at radius 2 is 2.10 bits per heavy atom. The van der Waals surface area contributed by atoms with Gasteiger partial charge in [0.15, 0.2) is 0 Å². The summed E-state index contributed by atoms with van der Waals surface area (Å²) in [6, 6.07) is -0.0806. The van der Waals surface area contributed by atoms with Gasteiger partial charge in [0.05, 0.1) is 18.7 Å². The first kappa shape index (κ1) is 16.2. The highest BCUT2D eigenvalue weighted by atomic mass is 16.5. The van der Waals surface area contributed by atoms with E-state index < -0.39 is 5.97 Å². The molecule has 2 N–H and O–H groups in total. The molecule has 1 heterocycles. The molecule has 1 amide bonds. The van der Waals surface area contributed by atoms with Gasteiger partial charge >= 0.3 is 5.97 Å². The van der Waals surface area contributed by atoms with Gasteiger partial charge < -0.3 is 15.2 Å². The SMILES string of the molecule is COCC(C)NC(=O)Cn1nc(C)c(CC(=O)O)c1C. The van der Waals surface area contributed by atoms with Gasteiger partial charge in [0, 0.05) is 24.4 Å². The molecule has 0 aliphatic carbocycles. The van der Waals surface area contributed by atoms with E-state index in [-0.39, 0.29) is 24.9 Å². The fourth-order valence-electron chi connectivity index (χ4n) is 2.04. The van der Waals surface area contributed by atoms with Crippen LogP contribution in [0.15, 0.2) is 0 Å². The Hall–Kier alpha value is -1.89. The minimum absolute atomic E-state index is 0.0698. The van der Waals surface area contributed by atoms with Crippen molar-refractivity contribution in [3.05, 3.63) is 17.0 Å². The highest BCUT2D eigenvalue weighted by molar-refractivity contribution is 5.76. The summed E-state index contributed by atoms with van der Waals surface area (Å²) in [5, 5.41) is 15.9. The number of aliphatic carboxylic acids is 1. The fraction of sp³-hybridized carbons (Fsp3) is 0.615. The fourth-order valence-corrected chi connectivity index (χ4v) is 2.04. The molecule has 0 spiro atoms. The number of carbonyl (C=O) groups is 2. The van der Waals surface area contributed by atoms with E-state index in [2.05, 4.69) is 10.4 Å². The molecule has 0 saturated carbocycles. The highest BCUT2D eigenvalue weighted by Crippen LogP contribution is 2.13. The predicted molar refractivity (Wildman–Crippen MR) is 72.5 cm³/mol. The van der Waals surface area contributed by atoms with Crippen LogP contribution in [-0.4, -0.2) is 46.5 Å². The zero-order chi connectivity index (χ0) is 15.3. The quantitative estimate of drug-likeness (QED) is 0.749. The standard InChI is InChI=1S/C13H21N3O4/c1-8(7-20-4)14-12(17)6-16-10(3)11(5-13(18)19)9(2)15-16/h8H,5-7H2,1-4H3,(H,14,17)(H,18,19). The van der Waals surface area contributed by atoms with Crippen molar-refractivity contribution in [1.82, 2.24) is 15.1 Å². The number of carboxylic acids is 1. The summed E-state index contributed by atoms with van der Waals surface area (Å²) in [7, 11) is 1.57. The molecule has 1 atom stereocenters. The summed E-state index contributed by atoms with van der Waals surface area (Å²) in [6.07, 6.45) is -0.0840. The molecular formula is C13H21N3O4. The summed E-state index contributed by atoms with van der Waals surface area (Å²) in [5.74, 6) is -1.09. The van der Waals surface area contributed by atoms with Crippen molar-refractivity contribution in [3.63, 3.8) is 0 Å². The van der Waals surface area contributed by atoms with Gasteiger partial charge in [-0.15, -0.1) is 0 Å². The minimum Gasteiger partial charge on any atom is -0.481 e. The van der Waals surface area contributed by atoms with Crippen LogP contribution in [0.5, 0.6) is 0 Å². The number of methoxy groups -OCH3 is 1. The molecule has 112 valence electrons. The van der Waals surface area contributed by atoms with Gasteiger partial charge in [-0.05, 0) is 20.8 Å². The number of amides is 1. The lowest BCUT2D eigenvalue weighted by atomic mass is 10.1. The largest absolute Gasteiger partial charge is 0.481 e. The third-order valence-corrected chi connectivity index (χ3v) is 2.98. The zero-order valence-electron chi connectivity index (χ0n) is 12.3. The Morgan fingerprint density at radius 3 is 2.65 bits per heavy atom. The van der Waals surface area contributed by atoms with Crippen LogP contribution in [0.1, 0.15) is 23.9 Å². The number of nitrogens with zero attached hydrogens (tertiary/aromatic N) is 2. The second-order valence-electron chi connectivity index (χ2n) is 4.80.